The lowest BCUT2D eigenvalue weighted by atomic mass is 10.1. The number of hydrogen-bond acceptors (Lipinski definition) is 5. The summed E-state index contributed by atoms with van der Waals surface area (Å²) < 4.78 is 13.6. The van der Waals surface area contributed by atoms with Crippen molar-refractivity contribution in [1.29, 1.82) is 0 Å². The van der Waals surface area contributed by atoms with Crippen LogP contribution in [0.1, 0.15) is 12.0 Å². The van der Waals surface area contributed by atoms with Gasteiger partial charge in [0.15, 0.2) is 0 Å². The number of aliphatic carboxylic acids is 1. The van der Waals surface area contributed by atoms with Crippen LogP contribution >= 0.6 is 0 Å². The second kappa shape index (κ2) is 11.5. The summed E-state index contributed by atoms with van der Waals surface area (Å²) in [5.41, 5.74) is 8.84. The Bertz CT molecular complexity index is 1130. The molecule has 3 rings (SSSR count). The van der Waals surface area contributed by atoms with Gasteiger partial charge >= 0.3 is 12.0 Å². The van der Waals surface area contributed by atoms with E-state index in [1.807, 2.05) is 19.0 Å². The highest BCUT2D eigenvalue weighted by Gasteiger charge is 2.27. The molecule has 0 radical (unpaired) electrons. The standard InChI is InChI=1S/C26H32FN5O3/c1-18-15-20(10-11-21(18)27)29-26(35)31(14-6-13-30(2)3)16-19-9-12-24(25(33)34)32(17-19)23-8-5-4-7-22(23)28/h4-5,7-12,15,17,24H,6,13-14,16,28H2,1-3H3,(H,29,35)(H,33,34). The monoisotopic (exact) mass is 481 g/mol. The Balaban J connectivity index is 1.84. The third-order valence-corrected chi connectivity index (χ3v) is 5.67. The molecule has 0 aromatic heterocycles. The second-order valence-electron chi connectivity index (χ2n) is 8.78. The Kier molecular flexibility index (Phi) is 8.48. The molecule has 8 nitrogen and oxygen atoms in total. The van der Waals surface area contributed by atoms with Crippen LogP contribution in [-0.4, -0.2) is 66.7 Å². The molecule has 0 aliphatic carbocycles. The van der Waals surface area contributed by atoms with E-state index in [0.717, 1.165) is 18.5 Å². The molecular weight excluding hydrogens is 449 g/mol. The number of halogens is 1. The molecule has 1 aliphatic rings. The number of urea groups is 1. The van der Waals surface area contributed by atoms with Crippen molar-refractivity contribution in [3.8, 4) is 0 Å². The number of carbonyl (C=O) groups excluding carboxylic acids is 1. The first-order chi connectivity index (χ1) is 16.7. The lowest BCUT2D eigenvalue weighted by Gasteiger charge is -2.32. The van der Waals surface area contributed by atoms with Gasteiger partial charge in [-0.3, -0.25) is 0 Å². The fourth-order valence-corrected chi connectivity index (χ4v) is 3.82. The number of amides is 2. The average molecular weight is 482 g/mol. The summed E-state index contributed by atoms with van der Waals surface area (Å²) in [6.45, 7) is 3.17. The molecule has 0 bridgehead atoms. The number of nitrogens with two attached hydrogens (primary N) is 1. The molecule has 2 amide bonds. The quantitative estimate of drug-likeness (QED) is 0.470. The van der Waals surface area contributed by atoms with Crippen molar-refractivity contribution in [2.24, 2.45) is 0 Å². The first-order valence-electron chi connectivity index (χ1n) is 11.4. The Hall–Kier alpha value is -3.85. The third-order valence-electron chi connectivity index (χ3n) is 5.67. The average Bonchev–Trinajstić information content (AvgIpc) is 2.80. The van der Waals surface area contributed by atoms with Crippen molar-refractivity contribution in [1.82, 2.24) is 9.80 Å². The van der Waals surface area contributed by atoms with Crippen LogP contribution in [0, 0.1) is 12.7 Å². The number of carbonyl (C=O) groups is 2. The van der Waals surface area contributed by atoms with Gasteiger partial charge in [-0.05, 0) is 75.5 Å². The zero-order chi connectivity index (χ0) is 25.5. The fourth-order valence-electron chi connectivity index (χ4n) is 3.82. The van der Waals surface area contributed by atoms with Crippen molar-refractivity contribution in [3.63, 3.8) is 0 Å². The normalized spacial score (nSPS) is 15.2. The van der Waals surface area contributed by atoms with Crippen LogP contribution in [0.3, 0.4) is 0 Å². The number of rotatable bonds is 9. The number of carboxylic acid groups (broad SMARTS) is 1. The summed E-state index contributed by atoms with van der Waals surface area (Å²) in [5.74, 6) is -1.34. The molecule has 1 aliphatic heterocycles. The summed E-state index contributed by atoms with van der Waals surface area (Å²) in [7, 11) is 3.93. The van der Waals surface area contributed by atoms with Gasteiger partial charge in [-0.25, -0.2) is 14.0 Å². The van der Waals surface area contributed by atoms with Crippen molar-refractivity contribution >= 4 is 29.1 Å². The minimum Gasteiger partial charge on any atom is -0.479 e. The first kappa shape index (κ1) is 25.8. The first-order valence-corrected chi connectivity index (χ1v) is 11.4. The number of nitrogen functional groups attached to an aromatic ring is 1. The van der Waals surface area contributed by atoms with E-state index in [-0.39, 0.29) is 18.4 Å². The van der Waals surface area contributed by atoms with Crippen LogP contribution < -0.4 is 16.0 Å². The third kappa shape index (κ3) is 6.83. The van der Waals surface area contributed by atoms with E-state index in [4.69, 9.17) is 5.73 Å². The zero-order valence-corrected chi connectivity index (χ0v) is 20.2. The lowest BCUT2D eigenvalue weighted by Crippen LogP contribution is -2.41. The number of carboxylic acids is 1. The largest absolute Gasteiger partial charge is 0.479 e. The minimum absolute atomic E-state index is 0.255. The molecule has 0 saturated carbocycles. The number of nitrogens with zero attached hydrogens (tertiary/aromatic N) is 3. The van der Waals surface area contributed by atoms with E-state index in [9.17, 15) is 19.1 Å². The number of nitrogens with one attached hydrogen (secondary N) is 1. The van der Waals surface area contributed by atoms with E-state index < -0.39 is 12.0 Å². The number of aryl methyl sites for hydroxylation is 1. The highest BCUT2D eigenvalue weighted by molar-refractivity contribution is 5.90. The molecule has 186 valence electrons. The van der Waals surface area contributed by atoms with E-state index in [0.29, 0.717) is 29.2 Å². The maximum Gasteiger partial charge on any atom is 0.330 e. The van der Waals surface area contributed by atoms with Gasteiger partial charge in [0, 0.05) is 25.0 Å². The molecule has 4 N–H and O–H groups in total. The summed E-state index contributed by atoms with van der Waals surface area (Å²) >= 11 is 0. The second-order valence-corrected chi connectivity index (χ2v) is 8.78. The summed E-state index contributed by atoms with van der Waals surface area (Å²) in [5, 5.41) is 12.6. The maximum atomic E-state index is 13.6. The molecule has 0 saturated heterocycles. The van der Waals surface area contributed by atoms with Gasteiger partial charge in [0.1, 0.15) is 11.9 Å². The summed E-state index contributed by atoms with van der Waals surface area (Å²) in [6.07, 6.45) is 5.78. The maximum absolute atomic E-state index is 13.6. The molecule has 1 unspecified atom stereocenters. The Morgan fingerprint density at radius 2 is 1.91 bits per heavy atom. The highest BCUT2D eigenvalue weighted by atomic mass is 19.1. The van der Waals surface area contributed by atoms with E-state index in [1.54, 1.807) is 65.4 Å². The minimum atomic E-state index is -1.01. The van der Waals surface area contributed by atoms with Gasteiger partial charge in [-0.15, -0.1) is 0 Å². The Morgan fingerprint density at radius 1 is 1.17 bits per heavy atom. The predicted molar refractivity (Wildman–Crippen MR) is 137 cm³/mol. The molecule has 0 spiro atoms. The number of benzene rings is 2. The predicted octanol–water partition coefficient (Wildman–Crippen LogP) is 3.92. The number of hydrogen-bond donors (Lipinski definition) is 3. The number of para-hydroxylation sites is 2. The molecule has 35 heavy (non-hydrogen) atoms. The van der Waals surface area contributed by atoms with Crippen LogP contribution in [-0.2, 0) is 4.79 Å². The van der Waals surface area contributed by atoms with Crippen LogP contribution in [0.2, 0.25) is 0 Å². The fraction of sp³-hybridized carbons (Fsp3) is 0.308. The van der Waals surface area contributed by atoms with Gasteiger partial charge in [-0.2, -0.15) is 0 Å². The van der Waals surface area contributed by atoms with Crippen molar-refractivity contribution < 1.29 is 19.1 Å². The smallest absolute Gasteiger partial charge is 0.330 e. The summed E-state index contributed by atoms with van der Waals surface area (Å²) in [6, 6.07) is 10.2. The Labute approximate surface area is 205 Å². The highest BCUT2D eigenvalue weighted by Crippen LogP contribution is 2.29. The van der Waals surface area contributed by atoms with E-state index in [1.165, 1.54) is 12.1 Å². The lowest BCUT2D eigenvalue weighted by molar-refractivity contribution is -0.137. The molecular formula is C26H32FN5O3. The van der Waals surface area contributed by atoms with Gasteiger partial charge in [0.25, 0.3) is 0 Å². The molecule has 9 heteroatoms. The van der Waals surface area contributed by atoms with Crippen molar-refractivity contribution in [2.45, 2.75) is 19.4 Å². The van der Waals surface area contributed by atoms with Crippen LogP contribution in [0.25, 0.3) is 0 Å². The molecule has 1 atom stereocenters. The number of anilines is 3. The van der Waals surface area contributed by atoms with Crippen molar-refractivity contribution in [3.05, 3.63) is 77.8 Å². The molecule has 2 aromatic carbocycles. The topological polar surface area (TPSA) is 102 Å². The summed E-state index contributed by atoms with van der Waals surface area (Å²) in [4.78, 5) is 30.3. The Morgan fingerprint density at radius 3 is 2.57 bits per heavy atom. The zero-order valence-electron chi connectivity index (χ0n) is 20.2. The molecule has 2 aromatic rings. The van der Waals surface area contributed by atoms with Crippen LogP contribution in [0.15, 0.2) is 66.4 Å². The van der Waals surface area contributed by atoms with Gasteiger partial charge in [0.05, 0.1) is 11.4 Å². The van der Waals surface area contributed by atoms with E-state index in [2.05, 4.69) is 5.32 Å². The van der Waals surface area contributed by atoms with Gasteiger partial charge in [-0.1, -0.05) is 24.3 Å². The van der Waals surface area contributed by atoms with Crippen molar-refractivity contribution in [2.75, 3.05) is 49.7 Å². The molecule has 1 heterocycles. The molecule has 0 fully saturated rings. The van der Waals surface area contributed by atoms with Crippen LogP contribution in [0.4, 0.5) is 26.2 Å². The van der Waals surface area contributed by atoms with Crippen LogP contribution in [0.5, 0.6) is 0 Å². The van der Waals surface area contributed by atoms with Gasteiger partial charge in [0.2, 0.25) is 0 Å². The SMILES string of the molecule is Cc1cc(NC(=O)N(CCCN(C)C)CC2=CN(c3ccccc3N)C(C(=O)O)C=C2)ccc1F. The van der Waals surface area contributed by atoms with E-state index >= 15 is 0 Å². The van der Waals surface area contributed by atoms with Gasteiger partial charge < -0.3 is 30.9 Å².